The van der Waals surface area contributed by atoms with Gasteiger partial charge in [-0.3, -0.25) is 0 Å². The summed E-state index contributed by atoms with van der Waals surface area (Å²) < 4.78 is 0. The molecule has 0 radical (unpaired) electrons. The van der Waals surface area contributed by atoms with Gasteiger partial charge in [-0.1, -0.05) is 17.7 Å². The highest BCUT2D eigenvalue weighted by molar-refractivity contribution is 6.66. The lowest BCUT2D eigenvalue weighted by Gasteiger charge is -1.96. The van der Waals surface area contributed by atoms with Crippen molar-refractivity contribution in [3.8, 4) is 5.97 Å². The van der Waals surface area contributed by atoms with Crippen LogP contribution in [0.4, 0.5) is 0 Å². The van der Waals surface area contributed by atoms with Gasteiger partial charge in [0.05, 0.1) is 0 Å². The molecule has 58 valence electrons. The zero-order chi connectivity index (χ0) is 8.55. The smallest absolute Gasteiger partial charge is 0.242 e. The predicted molar refractivity (Wildman–Crippen MR) is 48.0 cm³/mol. The minimum absolute atomic E-state index is 0.103. The maximum absolute atomic E-state index is 8.70. The van der Waals surface area contributed by atoms with E-state index in [2.05, 4.69) is 11.0 Å². The van der Waals surface area contributed by atoms with E-state index in [0.29, 0.717) is 5.15 Å². The Morgan fingerprint density at radius 3 is 3.08 bits per heavy atom. The summed E-state index contributed by atoms with van der Waals surface area (Å²) >= 11 is 5.72. The number of aromatic nitrogens is 1. The van der Waals surface area contributed by atoms with Gasteiger partial charge in [-0.05, 0) is 24.3 Å². The first-order valence-electron chi connectivity index (χ1n) is 3.83. The van der Waals surface area contributed by atoms with Crippen LogP contribution < -0.4 is 0 Å². The molecule has 0 N–H and O–H groups in total. The SMILES string of the molecule is N#CB1Cc2ccc(Cl)nc2C1. The fourth-order valence-corrected chi connectivity index (χ4v) is 1.69. The Bertz CT molecular complexity index is 359. The van der Waals surface area contributed by atoms with E-state index in [1.54, 1.807) is 6.07 Å². The fourth-order valence-electron chi connectivity index (χ4n) is 1.53. The van der Waals surface area contributed by atoms with Gasteiger partial charge in [0.15, 0.2) is 0 Å². The van der Waals surface area contributed by atoms with E-state index in [-0.39, 0.29) is 6.71 Å². The number of pyridine rings is 1. The number of halogens is 1. The first kappa shape index (κ1) is 7.63. The lowest BCUT2D eigenvalue weighted by molar-refractivity contribution is 1.15. The molecule has 0 aliphatic carbocycles. The molecule has 0 atom stereocenters. The van der Waals surface area contributed by atoms with Gasteiger partial charge in [-0.25, -0.2) is 10.2 Å². The van der Waals surface area contributed by atoms with Crippen molar-refractivity contribution >= 4 is 18.3 Å². The molecule has 1 aromatic rings. The molecule has 0 unspecified atom stereocenters. The molecular formula is C8H6BClN2. The van der Waals surface area contributed by atoms with Gasteiger partial charge in [-0.2, -0.15) is 0 Å². The van der Waals surface area contributed by atoms with Gasteiger partial charge in [0.2, 0.25) is 0 Å². The maximum atomic E-state index is 8.70. The zero-order valence-electron chi connectivity index (χ0n) is 6.42. The molecular weight excluding hydrogens is 170 g/mol. The molecule has 2 nitrogen and oxygen atoms in total. The van der Waals surface area contributed by atoms with E-state index in [9.17, 15) is 0 Å². The van der Waals surface area contributed by atoms with Crippen molar-refractivity contribution in [2.24, 2.45) is 0 Å². The third-order valence-corrected chi connectivity index (χ3v) is 2.33. The van der Waals surface area contributed by atoms with Crippen LogP contribution >= 0.6 is 11.6 Å². The van der Waals surface area contributed by atoms with Crippen LogP contribution in [0.5, 0.6) is 0 Å². The topological polar surface area (TPSA) is 36.7 Å². The van der Waals surface area contributed by atoms with Gasteiger partial charge in [0.1, 0.15) is 5.15 Å². The molecule has 0 saturated heterocycles. The first-order chi connectivity index (χ1) is 5.79. The van der Waals surface area contributed by atoms with Gasteiger partial charge in [0.25, 0.3) is 6.71 Å². The summed E-state index contributed by atoms with van der Waals surface area (Å²) in [6.07, 6.45) is 1.59. The fraction of sp³-hybridized carbons (Fsp3) is 0.250. The second-order valence-electron chi connectivity index (χ2n) is 2.97. The second-order valence-corrected chi connectivity index (χ2v) is 3.36. The molecule has 12 heavy (non-hydrogen) atoms. The van der Waals surface area contributed by atoms with Crippen LogP contribution in [-0.2, 0) is 12.6 Å². The molecule has 1 aliphatic rings. The van der Waals surface area contributed by atoms with E-state index < -0.39 is 0 Å². The van der Waals surface area contributed by atoms with E-state index in [4.69, 9.17) is 16.9 Å². The van der Waals surface area contributed by atoms with Crippen molar-refractivity contribution in [3.63, 3.8) is 0 Å². The van der Waals surface area contributed by atoms with Crippen LogP contribution in [0.25, 0.3) is 0 Å². The van der Waals surface area contributed by atoms with Gasteiger partial charge >= 0.3 is 0 Å². The first-order valence-corrected chi connectivity index (χ1v) is 4.21. The Morgan fingerprint density at radius 1 is 1.50 bits per heavy atom. The molecule has 1 aliphatic heterocycles. The largest absolute Gasteiger partial charge is 0.278 e. The van der Waals surface area contributed by atoms with Crippen LogP contribution in [0.3, 0.4) is 0 Å². The number of nitriles is 1. The van der Waals surface area contributed by atoms with Gasteiger partial charge in [-0.15, -0.1) is 0 Å². The number of hydrogen-bond donors (Lipinski definition) is 0. The summed E-state index contributed by atoms with van der Waals surface area (Å²) in [5, 5.41) is 9.22. The summed E-state index contributed by atoms with van der Waals surface area (Å²) in [7, 11) is 0. The Hall–Kier alpha value is -1.01. The monoisotopic (exact) mass is 176 g/mol. The van der Waals surface area contributed by atoms with Crippen LogP contribution in [0.2, 0.25) is 5.15 Å². The summed E-state index contributed by atoms with van der Waals surface area (Å²) in [6.45, 7) is 0.103. The van der Waals surface area contributed by atoms with Gasteiger partial charge < -0.3 is 0 Å². The van der Waals surface area contributed by atoms with Crippen molar-refractivity contribution in [2.75, 3.05) is 0 Å². The highest BCUT2D eigenvalue weighted by Crippen LogP contribution is 2.20. The molecule has 0 fully saturated rings. The molecule has 0 saturated carbocycles. The van der Waals surface area contributed by atoms with Crippen LogP contribution in [0, 0.1) is 11.2 Å². The quantitative estimate of drug-likeness (QED) is 0.443. The summed E-state index contributed by atoms with van der Waals surface area (Å²) in [4.78, 5) is 4.17. The maximum Gasteiger partial charge on any atom is 0.278 e. The third-order valence-electron chi connectivity index (χ3n) is 2.12. The highest BCUT2D eigenvalue weighted by atomic mass is 35.5. The third kappa shape index (κ3) is 1.19. The Labute approximate surface area is 76.3 Å². The van der Waals surface area contributed by atoms with E-state index in [0.717, 1.165) is 18.3 Å². The lowest BCUT2D eigenvalue weighted by atomic mass is 9.49. The summed E-state index contributed by atoms with van der Waals surface area (Å²) in [5.41, 5.74) is 2.17. The molecule has 0 aromatic carbocycles. The predicted octanol–water partition coefficient (Wildman–Crippen LogP) is 1.47. The average molecular weight is 176 g/mol. The Balaban J connectivity index is 2.37. The normalized spacial score (nSPS) is 14.2. The number of nitrogens with zero attached hydrogens (tertiary/aromatic N) is 2. The molecule has 0 spiro atoms. The molecule has 2 heterocycles. The highest BCUT2D eigenvalue weighted by Gasteiger charge is 2.26. The lowest BCUT2D eigenvalue weighted by Crippen LogP contribution is -2.09. The van der Waals surface area contributed by atoms with Crippen LogP contribution in [0.15, 0.2) is 12.1 Å². The molecule has 1 aromatic heterocycles. The second kappa shape index (κ2) is 2.80. The minimum Gasteiger partial charge on any atom is -0.242 e. The molecule has 0 bridgehead atoms. The molecule has 2 rings (SSSR count). The molecule has 0 amide bonds. The molecule has 4 heteroatoms. The van der Waals surface area contributed by atoms with E-state index >= 15 is 0 Å². The zero-order valence-corrected chi connectivity index (χ0v) is 7.17. The van der Waals surface area contributed by atoms with Gasteiger partial charge in [0, 0.05) is 11.7 Å². The van der Waals surface area contributed by atoms with Crippen molar-refractivity contribution in [1.29, 1.82) is 5.26 Å². The van der Waals surface area contributed by atoms with Crippen molar-refractivity contribution in [2.45, 2.75) is 12.6 Å². The summed E-state index contributed by atoms with van der Waals surface area (Å²) in [6, 6.07) is 3.74. The Kier molecular flexibility index (Phi) is 1.78. The average Bonchev–Trinajstić information content (AvgIpc) is 2.46. The van der Waals surface area contributed by atoms with E-state index in [1.165, 1.54) is 5.56 Å². The Morgan fingerprint density at radius 2 is 2.33 bits per heavy atom. The van der Waals surface area contributed by atoms with Crippen molar-refractivity contribution in [1.82, 2.24) is 4.98 Å². The standard InChI is InChI=1S/C8H6BClN2/c10-8-2-1-6-3-9(5-11)4-7(6)12-8/h1-2H,3-4H2. The van der Waals surface area contributed by atoms with Crippen LogP contribution in [-0.4, -0.2) is 11.7 Å². The van der Waals surface area contributed by atoms with E-state index in [1.807, 2.05) is 6.07 Å². The number of fused-ring (bicyclic) bond motifs is 1. The summed E-state index contributed by atoms with van der Waals surface area (Å²) in [5.74, 6) is 2.25. The van der Waals surface area contributed by atoms with Crippen LogP contribution in [0.1, 0.15) is 11.3 Å². The minimum atomic E-state index is 0.103. The number of hydrogen-bond acceptors (Lipinski definition) is 2. The van der Waals surface area contributed by atoms with Crippen molar-refractivity contribution < 1.29 is 0 Å². The van der Waals surface area contributed by atoms with Crippen molar-refractivity contribution in [3.05, 3.63) is 28.5 Å². The number of rotatable bonds is 0.